The standard InChI is InChI=1S/C17H21N3O/c21-17(20-10-4-1-5-11-20)13-18-12-14-8-9-19-16-7-3-2-6-15(14)16/h2-3,6-9,18H,1,4-5,10-13H2. The van der Waals surface area contributed by atoms with Crippen molar-refractivity contribution in [1.82, 2.24) is 15.2 Å². The lowest BCUT2D eigenvalue weighted by atomic mass is 10.1. The molecule has 4 nitrogen and oxygen atoms in total. The number of carbonyl (C=O) groups is 1. The van der Waals surface area contributed by atoms with Crippen molar-refractivity contribution >= 4 is 16.8 Å². The minimum Gasteiger partial charge on any atom is -0.342 e. The Balaban J connectivity index is 1.58. The second-order valence-electron chi connectivity index (χ2n) is 5.53. The molecule has 1 aromatic heterocycles. The molecule has 0 saturated carbocycles. The monoisotopic (exact) mass is 283 g/mol. The number of piperidine rings is 1. The average molecular weight is 283 g/mol. The first-order valence-electron chi connectivity index (χ1n) is 7.66. The van der Waals surface area contributed by atoms with Crippen LogP contribution in [0.25, 0.3) is 10.9 Å². The van der Waals surface area contributed by atoms with Crippen LogP contribution in [-0.2, 0) is 11.3 Å². The molecule has 0 radical (unpaired) electrons. The number of carbonyl (C=O) groups excluding carboxylic acids is 1. The molecule has 0 unspecified atom stereocenters. The van der Waals surface area contributed by atoms with Crippen LogP contribution in [0.3, 0.4) is 0 Å². The minimum atomic E-state index is 0.216. The normalized spacial score (nSPS) is 15.3. The molecule has 0 spiro atoms. The van der Waals surface area contributed by atoms with Gasteiger partial charge >= 0.3 is 0 Å². The smallest absolute Gasteiger partial charge is 0.236 e. The zero-order chi connectivity index (χ0) is 14.5. The second-order valence-corrected chi connectivity index (χ2v) is 5.53. The van der Waals surface area contributed by atoms with Crippen molar-refractivity contribution in [3.8, 4) is 0 Å². The highest BCUT2D eigenvalue weighted by molar-refractivity contribution is 5.82. The Hall–Kier alpha value is -1.94. The number of nitrogens with one attached hydrogen (secondary N) is 1. The molecule has 2 aromatic rings. The van der Waals surface area contributed by atoms with Gasteiger partial charge in [0.15, 0.2) is 0 Å². The highest BCUT2D eigenvalue weighted by Gasteiger charge is 2.15. The molecular weight excluding hydrogens is 262 g/mol. The minimum absolute atomic E-state index is 0.216. The van der Waals surface area contributed by atoms with Crippen molar-refractivity contribution in [2.24, 2.45) is 0 Å². The maximum Gasteiger partial charge on any atom is 0.236 e. The van der Waals surface area contributed by atoms with E-state index in [0.29, 0.717) is 13.1 Å². The summed E-state index contributed by atoms with van der Waals surface area (Å²) in [6.45, 7) is 2.94. The highest BCUT2D eigenvalue weighted by atomic mass is 16.2. The molecular formula is C17H21N3O. The number of hydrogen-bond acceptors (Lipinski definition) is 3. The van der Waals surface area contributed by atoms with Gasteiger partial charge in [-0.1, -0.05) is 18.2 Å². The van der Waals surface area contributed by atoms with Crippen LogP contribution in [0.4, 0.5) is 0 Å². The number of amides is 1. The van der Waals surface area contributed by atoms with Crippen LogP contribution < -0.4 is 5.32 Å². The van der Waals surface area contributed by atoms with Gasteiger partial charge in [0.2, 0.25) is 5.91 Å². The van der Waals surface area contributed by atoms with Crippen LogP contribution in [-0.4, -0.2) is 35.4 Å². The first kappa shape index (κ1) is 14.0. The summed E-state index contributed by atoms with van der Waals surface area (Å²) in [7, 11) is 0. The van der Waals surface area contributed by atoms with Gasteiger partial charge in [0.1, 0.15) is 0 Å². The summed E-state index contributed by atoms with van der Waals surface area (Å²) in [6, 6.07) is 10.1. The summed E-state index contributed by atoms with van der Waals surface area (Å²) in [4.78, 5) is 18.4. The lowest BCUT2D eigenvalue weighted by Crippen LogP contribution is -2.40. The van der Waals surface area contributed by atoms with E-state index in [4.69, 9.17) is 0 Å². The van der Waals surface area contributed by atoms with E-state index in [1.165, 1.54) is 12.0 Å². The molecule has 0 atom stereocenters. The number of nitrogens with zero attached hydrogens (tertiary/aromatic N) is 2. The fraction of sp³-hybridized carbons (Fsp3) is 0.412. The van der Waals surface area contributed by atoms with Gasteiger partial charge in [0, 0.05) is 31.2 Å². The predicted octanol–water partition coefficient (Wildman–Crippen LogP) is 2.34. The Labute approximate surface area is 125 Å². The van der Waals surface area contributed by atoms with Crippen molar-refractivity contribution in [3.05, 3.63) is 42.1 Å². The quantitative estimate of drug-likeness (QED) is 0.936. The molecule has 1 aliphatic heterocycles. The van der Waals surface area contributed by atoms with Crippen molar-refractivity contribution in [2.75, 3.05) is 19.6 Å². The average Bonchev–Trinajstić information content (AvgIpc) is 2.56. The summed E-state index contributed by atoms with van der Waals surface area (Å²) in [5.41, 5.74) is 2.19. The Morgan fingerprint density at radius 3 is 2.81 bits per heavy atom. The van der Waals surface area contributed by atoms with Crippen LogP contribution in [0.15, 0.2) is 36.5 Å². The van der Waals surface area contributed by atoms with E-state index < -0.39 is 0 Å². The van der Waals surface area contributed by atoms with Gasteiger partial charge in [-0.15, -0.1) is 0 Å². The number of aromatic nitrogens is 1. The summed E-state index contributed by atoms with van der Waals surface area (Å²) in [5, 5.41) is 4.42. The number of para-hydroxylation sites is 1. The highest BCUT2D eigenvalue weighted by Crippen LogP contribution is 2.15. The maximum atomic E-state index is 12.1. The van der Waals surface area contributed by atoms with E-state index in [1.807, 2.05) is 35.4 Å². The zero-order valence-corrected chi connectivity index (χ0v) is 12.2. The number of hydrogen-bond donors (Lipinski definition) is 1. The van der Waals surface area contributed by atoms with Gasteiger partial charge in [0.05, 0.1) is 12.1 Å². The third kappa shape index (κ3) is 3.39. The summed E-state index contributed by atoms with van der Waals surface area (Å²) in [6.07, 6.45) is 5.35. The number of likely N-dealkylation sites (tertiary alicyclic amines) is 1. The molecule has 2 heterocycles. The number of fused-ring (bicyclic) bond motifs is 1. The van der Waals surface area contributed by atoms with E-state index in [1.54, 1.807) is 0 Å². The maximum absolute atomic E-state index is 12.1. The molecule has 21 heavy (non-hydrogen) atoms. The largest absolute Gasteiger partial charge is 0.342 e. The van der Waals surface area contributed by atoms with Crippen molar-refractivity contribution in [3.63, 3.8) is 0 Å². The molecule has 1 saturated heterocycles. The Kier molecular flexibility index (Phi) is 4.46. The van der Waals surface area contributed by atoms with Gasteiger partial charge in [0.25, 0.3) is 0 Å². The Bertz CT molecular complexity index is 615. The summed E-state index contributed by atoms with van der Waals surface area (Å²) >= 11 is 0. The topological polar surface area (TPSA) is 45.2 Å². The van der Waals surface area contributed by atoms with E-state index in [9.17, 15) is 4.79 Å². The second kappa shape index (κ2) is 6.68. The lowest BCUT2D eigenvalue weighted by Gasteiger charge is -2.26. The summed E-state index contributed by atoms with van der Waals surface area (Å²) < 4.78 is 0. The third-order valence-electron chi connectivity index (χ3n) is 4.04. The van der Waals surface area contributed by atoms with Crippen LogP contribution in [0.5, 0.6) is 0 Å². The SMILES string of the molecule is O=C(CNCc1ccnc2ccccc12)N1CCCCC1. The van der Waals surface area contributed by atoms with Crippen molar-refractivity contribution in [1.29, 1.82) is 0 Å². The molecule has 4 heteroatoms. The molecule has 3 rings (SSSR count). The van der Waals surface area contributed by atoms with Crippen molar-refractivity contribution < 1.29 is 4.79 Å². The van der Waals surface area contributed by atoms with E-state index in [0.717, 1.165) is 36.8 Å². The molecule has 0 aliphatic carbocycles. The number of rotatable bonds is 4. The number of benzene rings is 1. The third-order valence-corrected chi connectivity index (χ3v) is 4.04. The van der Waals surface area contributed by atoms with E-state index in [-0.39, 0.29) is 5.91 Å². The molecule has 1 aliphatic rings. The van der Waals surface area contributed by atoms with Crippen LogP contribution in [0.1, 0.15) is 24.8 Å². The Morgan fingerprint density at radius 1 is 1.14 bits per heavy atom. The fourth-order valence-corrected chi connectivity index (χ4v) is 2.87. The summed E-state index contributed by atoms with van der Waals surface area (Å²) in [5.74, 6) is 0.216. The Morgan fingerprint density at radius 2 is 1.95 bits per heavy atom. The predicted molar refractivity (Wildman–Crippen MR) is 83.9 cm³/mol. The van der Waals surface area contributed by atoms with Gasteiger partial charge in [-0.3, -0.25) is 9.78 Å². The number of pyridine rings is 1. The molecule has 1 aromatic carbocycles. The first-order valence-corrected chi connectivity index (χ1v) is 7.66. The van der Waals surface area contributed by atoms with Crippen LogP contribution in [0, 0.1) is 0 Å². The van der Waals surface area contributed by atoms with Gasteiger partial charge in [-0.25, -0.2) is 0 Å². The van der Waals surface area contributed by atoms with Crippen LogP contribution in [0.2, 0.25) is 0 Å². The van der Waals surface area contributed by atoms with E-state index in [2.05, 4.69) is 16.4 Å². The van der Waals surface area contributed by atoms with Gasteiger partial charge < -0.3 is 10.2 Å². The van der Waals surface area contributed by atoms with Gasteiger partial charge in [-0.2, -0.15) is 0 Å². The molecule has 1 amide bonds. The first-order chi connectivity index (χ1) is 10.3. The lowest BCUT2D eigenvalue weighted by molar-refractivity contribution is -0.131. The van der Waals surface area contributed by atoms with Crippen molar-refractivity contribution in [2.45, 2.75) is 25.8 Å². The molecule has 110 valence electrons. The fourth-order valence-electron chi connectivity index (χ4n) is 2.87. The molecule has 1 fully saturated rings. The molecule has 1 N–H and O–H groups in total. The van der Waals surface area contributed by atoms with E-state index >= 15 is 0 Å². The zero-order valence-electron chi connectivity index (χ0n) is 12.2. The van der Waals surface area contributed by atoms with Crippen LogP contribution >= 0.6 is 0 Å². The molecule has 0 bridgehead atoms. The van der Waals surface area contributed by atoms with Gasteiger partial charge in [-0.05, 0) is 37.0 Å².